The Morgan fingerprint density at radius 3 is 2.81 bits per heavy atom. The number of hydrogen-bond donors (Lipinski definition) is 1. The van der Waals surface area contributed by atoms with Crippen molar-refractivity contribution in [1.82, 2.24) is 4.90 Å². The van der Waals surface area contributed by atoms with Gasteiger partial charge in [0.25, 0.3) is 0 Å². The van der Waals surface area contributed by atoms with Gasteiger partial charge in [-0.3, -0.25) is 9.59 Å². The van der Waals surface area contributed by atoms with E-state index < -0.39 is 5.97 Å². The van der Waals surface area contributed by atoms with Gasteiger partial charge in [-0.15, -0.1) is 0 Å². The van der Waals surface area contributed by atoms with Gasteiger partial charge in [-0.25, -0.2) is 0 Å². The molecule has 16 heavy (non-hydrogen) atoms. The molecular weight excluding hydrogens is 210 g/mol. The SMILES string of the molecule is CCOC[C@@H]1CCN(C(=O)CCC(=O)O)C1. The van der Waals surface area contributed by atoms with Gasteiger partial charge in [-0.2, -0.15) is 0 Å². The molecule has 1 saturated heterocycles. The first-order valence-corrected chi connectivity index (χ1v) is 5.70. The van der Waals surface area contributed by atoms with Gasteiger partial charge in [0.1, 0.15) is 0 Å². The molecular formula is C11H19NO4. The monoisotopic (exact) mass is 229 g/mol. The molecule has 1 aliphatic heterocycles. The predicted molar refractivity (Wildman–Crippen MR) is 58.0 cm³/mol. The summed E-state index contributed by atoms with van der Waals surface area (Å²) in [6.45, 7) is 4.78. The molecule has 1 aliphatic rings. The Morgan fingerprint density at radius 1 is 1.44 bits per heavy atom. The Hall–Kier alpha value is -1.10. The Bertz CT molecular complexity index is 254. The van der Waals surface area contributed by atoms with Gasteiger partial charge in [0.15, 0.2) is 0 Å². The van der Waals surface area contributed by atoms with Crippen molar-refractivity contribution in [3.05, 3.63) is 0 Å². The molecule has 5 heteroatoms. The summed E-state index contributed by atoms with van der Waals surface area (Å²) in [5.74, 6) is -0.562. The second-order valence-corrected chi connectivity index (χ2v) is 4.05. The fourth-order valence-corrected chi connectivity index (χ4v) is 1.85. The molecule has 0 radical (unpaired) electrons. The number of carbonyl (C=O) groups excluding carboxylic acids is 1. The minimum Gasteiger partial charge on any atom is -0.481 e. The highest BCUT2D eigenvalue weighted by Crippen LogP contribution is 2.17. The average Bonchev–Trinajstić information content (AvgIpc) is 2.71. The number of carbonyl (C=O) groups is 2. The topological polar surface area (TPSA) is 66.8 Å². The number of aliphatic carboxylic acids is 1. The minimum absolute atomic E-state index is 0.0543. The number of rotatable bonds is 6. The number of amides is 1. The summed E-state index contributed by atoms with van der Waals surface area (Å²) in [4.78, 5) is 23.7. The van der Waals surface area contributed by atoms with Crippen LogP contribution in [0, 0.1) is 5.92 Å². The van der Waals surface area contributed by atoms with Crippen molar-refractivity contribution in [2.45, 2.75) is 26.2 Å². The lowest BCUT2D eigenvalue weighted by Gasteiger charge is -2.15. The highest BCUT2D eigenvalue weighted by atomic mass is 16.5. The van der Waals surface area contributed by atoms with E-state index in [9.17, 15) is 9.59 Å². The molecule has 0 aromatic carbocycles. The number of nitrogens with zero attached hydrogens (tertiary/aromatic N) is 1. The van der Waals surface area contributed by atoms with Crippen LogP contribution in [-0.4, -0.2) is 48.2 Å². The highest BCUT2D eigenvalue weighted by Gasteiger charge is 2.26. The minimum atomic E-state index is -0.918. The normalized spacial score (nSPS) is 20.1. The molecule has 1 rings (SSSR count). The van der Waals surface area contributed by atoms with Crippen LogP contribution in [0.15, 0.2) is 0 Å². The highest BCUT2D eigenvalue weighted by molar-refractivity contribution is 5.80. The largest absolute Gasteiger partial charge is 0.481 e. The van der Waals surface area contributed by atoms with Crippen molar-refractivity contribution in [2.75, 3.05) is 26.3 Å². The zero-order chi connectivity index (χ0) is 12.0. The summed E-state index contributed by atoms with van der Waals surface area (Å²) in [5.41, 5.74) is 0. The molecule has 0 spiro atoms. The summed E-state index contributed by atoms with van der Waals surface area (Å²) in [5, 5.41) is 8.48. The van der Waals surface area contributed by atoms with Crippen LogP contribution < -0.4 is 0 Å². The van der Waals surface area contributed by atoms with Crippen molar-refractivity contribution in [2.24, 2.45) is 5.92 Å². The van der Waals surface area contributed by atoms with Gasteiger partial charge in [0.05, 0.1) is 13.0 Å². The lowest BCUT2D eigenvalue weighted by Crippen LogP contribution is -2.29. The van der Waals surface area contributed by atoms with Crippen LogP contribution >= 0.6 is 0 Å². The van der Waals surface area contributed by atoms with Crippen LogP contribution in [0.5, 0.6) is 0 Å². The molecule has 0 aromatic heterocycles. The summed E-state index contributed by atoms with van der Waals surface area (Å²) in [7, 11) is 0. The van der Waals surface area contributed by atoms with E-state index in [1.165, 1.54) is 0 Å². The van der Waals surface area contributed by atoms with Crippen LogP contribution in [0.1, 0.15) is 26.2 Å². The third kappa shape index (κ3) is 4.18. The smallest absolute Gasteiger partial charge is 0.303 e. The number of ether oxygens (including phenoxy) is 1. The van der Waals surface area contributed by atoms with Gasteiger partial charge >= 0.3 is 5.97 Å². The summed E-state index contributed by atoms with van der Waals surface area (Å²) in [6, 6.07) is 0. The lowest BCUT2D eigenvalue weighted by molar-refractivity contribution is -0.140. The van der Waals surface area contributed by atoms with E-state index >= 15 is 0 Å². The first-order valence-electron chi connectivity index (χ1n) is 5.70. The third-order valence-corrected chi connectivity index (χ3v) is 2.75. The van der Waals surface area contributed by atoms with Crippen molar-refractivity contribution >= 4 is 11.9 Å². The zero-order valence-electron chi connectivity index (χ0n) is 9.65. The van der Waals surface area contributed by atoms with Crippen LogP contribution in [0.4, 0.5) is 0 Å². The fourth-order valence-electron chi connectivity index (χ4n) is 1.85. The maximum absolute atomic E-state index is 11.6. The molecule has 1 atom stereocenters. The average molecular weight is 229 g/mol. The maximum atomic E-state index is 11.6. The Balaban J connectivity index is 2.24. The number of carboxylic acids is 1. The van der Waals surface area contributed by atoms with E-state index in [0.29, 0.717) is 25.7 Å². The van der Waals surface area contributed by atoms with Crippen molar-refractivity contribution < 1.29 is 19.4 Å². The Labute approximate surface area is 95.4 Å². The van der Waals surface area contributed by atoms with Crippen molar-refractivity contribution in [3.8, 4) is 0 Å². The van der Waals surface area contributed by atoms with Crippen LogP contribution in [-0.2, 0) is 14.3 Å². The molecule has 5 nitrogen and oxygen atoms in total. The predicted octanol–water partition coefficient (Wildman–Crippen LogP) is 0.736. The second kappa shape index (κ2) is 6.48. The number of hydrogen-bond acceptors (Lipinski definition) is 3. The van der Waals surface area contributed by atoms with Gasteiger partial charge in [-0.1, -0.05) is 0 Å². The van der Waals surface area contributed by atoms with E-state index in [1.807, 2.05) is 6.92 Å². The van der Waals surface area contributed by atoms with E-state index in [4.69, 9.17) is 9.84 Å². The molecule has 1 heterocycles. The van der Waals surface area contributed by atoms with Gasteiger partial charge in [-0.05, 0) is 13.3 Å². The molecule has 1 fully saturated rings. The van der Waals surface area contributed by atoms with E-state index in [-0.39, 0.29) is 18.7 Å². The standard InChI is InChI=1S/C11H19NO4/c1-2-16-8-9-5-6-12(7-9)10(13)3-4-11(14)15/h9H,2-8H2,1H3,(H,14,15)/t9-/m1/s1. The maximum Gasteiger partial charge on any atom is 0.303 e. The quantitative estimate of drug-likeness (QED) is 0.729. The molecule has 0 unspecified atom stereocenters. The summed E-state index contributed by atoms with van der Waals surface area (Å²) in [6.07, 6.45) is 0.987. The lowest BCUT2D eigenvalue weighted by atomic mass is 10.1. The Kier molecular flexibility index (Phi) is 5.25. The first kappa shape index (κ1) is 13.0. The molecule has 0 bridgehead atoms. The summed E-state index contributed by atoms with van der Waals surface area (Å²) >= 11 is 0. The molecule has 0 aliphatic carbocycles. The third-order valence-electron chi connectivity index (χ3n) is 2.75. The van der Waals surface area contributed by atoms with Crippen molar-refractivity contribution in [3.63, 3.8) is 0 Å². The van der Waals surface area contributed by atoms with Crippen LogP contribution in [0.2, 0.25) is 0 Å². The number of carboxylic acid groups (broad SMARTS) is 1. The Morgan fingerprint density at radius 2 is 2.19 bits per heavy atom. The van der Waals surface area contributed by atoms with E-state index in [2.05, 4.69) is 0 Å². The van der Waals surface area contributed by atoms with Crippen LogP contribution in [0.25, 0.3) is 0 Å². The molecule has 92 valence electrons. The van der Waals surface area contributed by atoms with Gasteiger partial charge in [0, 0.05) is 32.0 Å². The molecule has 1 amide bonds. The van der Waals surface area contributed by atoms with Gasteiger partial charge < -0.3 is 14.7 Å². The van der Waals surface area contributed by atoms with E-state index in [0.717, 1.165) is 13.0 Å². The van der Waals surface area contributed by atoms with Crippen LogP contribution in [0.3, 0.4) is 0 Å². The second-order valence-electron chi connectivity index (χ2n) is 4.05. The molecule has 1 N–H and O–H groups in total. The van der Waals surface area contributed by atoms with Crippen molar-refractivity contribution in [1.29, 1.82) is 0 Å². The van der Waals surface area contributed by atoms with Gasteiger partial charge in [0.2, 0.25) is 5.91 Å². The summed E-state index contributed by atoms with van der Waals surface area (Å²) < 4.78 is 5.31. The fraction of sp³-hybridized carbons (Fsp3) is 0.818. The first-order chi connectivity index (χ1) is 7.63. The zero-order valence-corrected chi connectivity index (χ0v) is 9.65. The molecule has 0 saturated carbocycles. The van der Waals surface area contributed by atoms with E-state index in [1.54, 1.807) is 4.90 Å². The number of likely N-dealkylation sites (tertiary alicyclic amines) is 1. The molecule has 0 aromatic rings.